The van der Waals surface area contributed by atoms with Gasteiger partial charge in [-0.1, -0.05) is 39.7 Å². The SMILES string of the molecule is Cc1cc([C@H]2C3=CC[C@@H]4C(=O)N(c5ccc(N=Nc6ccc(N(C)C)cc6)cc5)C(=O)[C@@H]4[C@@H]3C[C@@]3(Cl)C(=O)N(CBr)C(=O)[C@@]23Cl)cc(C)c1O. The zero-order valence-electron chi connectivity index (χ0n) is 27.7. The van der Waals surface area contributed by atoms with Crippen molar-refractivity contribution in [1.82, 2.24) is 4.90 Å². The Labute approximate surface area is 307 Å². The first-order valence-corrected chi connectivity index (χ1v) is 18.1. The Bertz CT molecular complexity index is 2000. The van der Waals surface area contributed by atoms with E-state index < -0.39 is 51.1 Å². The van der Waals surface area contributed by atoms with Crippen LogP contribution in [0.15, 0.2) is 82.5 Å². The molecule has 1 N–H and O–H groups in total. The van der Waals surface area contributed by atoms with E-state index in [0.717, 1.165) is 10.6 Å². The van der Waals surface area contributed by atoms with Crippen LogP contribution in [-0.2, 0) is 19.2 Å². The van der Waals surface area contributed by atoms with E-state index in [1.54, 1.807) is 50.2 Å². The summed E-state index contributed by atoms with van der Waals surface area (Å²) in [5, 5.41) is 19.2. The van der Waals surface area contributed by atoms with Crippen molar-refractivity contribution in [3.63, 3.8) is 0 Å². The highest BCUT2D eigenvalue weighted by Crippen LogP contribution is 2.65. The van der Waals surface area contributed by atoms with Crippen molar-refractivity contribution in [2.45, 2.75) is 42.4 Å². The minimum atomic E-state index is -1.91. The van der Waals surface area contributed by atoms with E-state index in [4.69, 9.17) is 23.2 Å². The molecular formula is C37H34BrCl2N5O5. The first-order valence-electron chi connectivity index (χ1n) is 16.2. The Hall–Kier alpha value is -4.06. The van der Waals surface area contributed by atoms with E-state index in [0.29, 0.717) is 39.3 Å². The van der Waals surface area contributed by atoms with Gasteiger partial charge >= 0.3 is 0 Å². The van der Waals surface area contributed by atoms with Gasteiger partial charge in [-0.05, 0) is 97.8 Å². The summed E-state index contributed by atoms with van der Waals surface area (Å²) in [6.07, 6.45) is 2.04. The van der Waals surface area contributed by atoms with Crippen LogP contribution in [0.4, 0.5) is 22.7 Å². The number of halogens is 3. The van der Waals surface area contributed by atoms with Gasteiger partial charge in [-0.25, -0.2) is 0 Å². The second-order valence-electron chi connectivity index (χ2n) is 13.6. The second-order valence-corrected chi connectivity index (χ2v) is 15.4. The largest absolute Gasteiger partial charge is 0.507 e. The third-order valence-corrected chi connectivity index (χ3v) is 12.5. The molecule has 3 aromatic carbocycles. The van der Waals surface area contributed by atoms with Gasteiger partial charge in [0.2, 0.25) is 11.8 Å². The number of phenolic OH excluding ortho intramolecular Hbond substituents is 1. The molecule has 258 valence electrons. The van der Waals surface area contributed by atoms with E-state index >= 15 is 0 Å². The molecule has 50 heavy (non-hydrogen) atoms. The number of aryl methyl sites for hydroxylation is 2. The van der Waals surface area contributed by atoms with Crippen LogP contribution in [-0.4, -0.2) is 62.9 Å². The molecule has 0 spiro atoms. The number of carbonyl (C=O) groups is 4. The van der Waals surface area contributed by atoms with Crippen LogP contribution in [0, 0.1) is 31.6 Å². The molecule has 0 unspecified atom stereocenters. The molecule has 6 atom stereocenters. The number of alkyl halides is 3. The number of allylic oxidation sites excluding steroid dienone is 2. The van der Waals surface area contributed by atoms with Crippen molar-refractivity contribution in [2.24, 2.45) is 28.0 Å². The molecule has 4 amide bonds. The standard InChI is InChI=1S/C37H34BrCl2N5O5/c1-19-15-21(16-20(2)31(19)46)30-26-13-14-27-29(28(26)17-36(39)34(49)44(18-38)35(50)37(30,36)40)33(48)45(32(27)47)25-11-7-23(8-12-25)42-41-22-5-9-24(10-6-22)43(3)4/h5-13,15-16,27-30,46H,14,17-18H2,1-4H3/t27-,28+,29-,30-,36+,37-/m0/s1. The van der Waals surface area contributed by atoms with Gasteiger partial charge in [0.15, 0.2) is 9.75 Å². The lowest BCUT2D eigenvalue weighted by atomic mass is 9.56. The average molecular weight is 780 g/mol. The number of benzene rings is 3. The van der Waals surface area contributed by atoms with Gasteiger partial charge in [-0.2, -0.15) is 10.2 Å². The molecule has 0 radical (unpaired) electrons. The molecule has 2 aliphatic carbocycles. The average Bonchev–Trinajstić information content (AvgIpc) is 3.43. The molecule has 2 heterocycles. The molecule has 3 aromatic rings. The number of hydrogen-bond acceptors (Lipinski definition) is 8. The molecular weight excluding hydrogens is 745 g/mol. The van der Waals surface area contributed by atoms with Gasteiger partial charge in [-0.3, -0.25) is 29.0 Å². The van der Waals surface area contributed by atoms with E-state index in [9.17, 15) is 24.3 Å². The number of nitrogens with zero attached hydrogens (tertiary/aromatic N) is 5. The fourth-order valence-electron chi connectivity index (χ4n) is 8.14. The van der Waals surface area contributed by atoms with E-state index in [1.807, 2.05) is 49.3 Å². The Morgan fingerprint density at radius 3 is 2.02 bits per heavy atom. The first-order chi connectivity index (χ1) is 23.7. The topological polar surface area (TPSA) is 123 Å². The molecule has 2 saturated heterocycles. The lowest BCUT2D eigenvalue weighted by Crippen LogP contribution is -2.60. The zero-order valence-corrected chi connectivity index (χ0v) is 30.8. The third kappa shape index (κ3) is 4.95. The molecule has 1 saturated carbocycles. The van der Waals surface area contributed by atoms with Crippen molar-refractivity contribution in [1.29, 1.82) is 0 Å². The van der Waals surface area contributed by atoms with Crippen LogP contribution in [0.3, 0.4) is 0 Å². The zero-order chi connectivity index (χ0) is 35.9. The van der Waals surface area contributed by atoms with Crippen LogP contribution in [0.1, 0.15) is 35.4 Å². The number of anilines is 2. The Morgan fingerprint density at radius 1 is 0.880 bits per heavy atom. The van der Waals surface area contributed by atoms with Crippen LogP contribution in [0.2, 0.25) is 0 Å². The number of rotatable bonds is 6. The normalized spacial score (nSPS) is 29.0. The number of azo groups is 1. The fraction of sp³-hybridized carbons (Fsp3) is 0.351. The summed E-state index contributed by atoms with van der Waals surface area (Å²) in [7, 11) is 3.91. The van der Waals surface area contributed by atoms with Crippen molar-refractivity contribution >= 4 is 85.5 Å². The number of carbonyl (C=O) groups excluding carboxylic acids is 4. The number of likely N-dealkylation sites (tertiary alicyclic amines) is 1. The van der Waals surface area contributed by atoms with Crippen molar-refractivity contribution in [2.75, 3.05) is 29.3 Å². The van der Waals surface area contributed by atoms with E-state index in [-0.39, 0.29) is 30.0 Å². The monoisotopic (exact) mass is 777 g/mol. The summed E-state index contributed by atoms with van der Waals surface area (Å²) in [6.45, 7) is 3.48. The van der Waals surface area contributed by atoms with E-state index in [2.05, 4.69) is 26.2 Å². The van der Waals surface area contributed by atoms with Gasteiger partial charge in [0.1, 0.15) is 5.75 Å². The van der Waals surface area contributed by atoms with Crippen molar-refractivity contribution in [3.8, 4) is 5.75 Å². The highest BCUT2D eigenvalue weighted by atomic mass is 79.9. The molecule has 13 heteroatoms. The first kappa shape index (κ1) is 34.4. The molecule has 2 aliphatic heterocycles. The smallest absolute Gasteiger partial charge is 0.254 e. The highest BCUT2D eigenvalue weighted by Gasteiger charge is 2.76. The summed E-state index contributed by atoms with van der Waals surface area (Å²) in [5.41, 5.74) is 4.97. The third-order valence-electron chi connectivity index (χ3n) is 10.6. The summed E-state index contributed by atoms with van der Waals surface area (Å²) in [4.78, 5) is 56.6. The van der Waals surface area contributed by atoms with Crippen LogP contribution in [0.25, 0.3) is 0 Å². The van der Waals surface area contributed by atoms with Crippen molar-refractivity contribution < 1.29 is 24.3 Å². The molecule has 4 aliphatic rings. The fourth-order valence-corrected chi connectivity index (χ4v) is 9.56. The summed E-state index contributed by atoms with van der Waals surface area (Å²) in [6, 6.07) is 17.8. The molecule has 7 rings (SSSR count). The quantitative estimate of drug-likeness (QED) is 0.0915. The van der Waals surface area contributed by atoms with E-state index in [1.165, 1.54) is 4.90 Å². The number of amides is 4. The summed E-state index contributed by atoms with van der Waals surface area (Å²) in [5.74, 6) is -5.00. The number of fused-ring (bicyclic) bond motifs is 4. The predicted octanol–water partition coefficient (Wildman–Crippen LogP) is 7.41. The minimum Gasteiger partial charge on any atom is -0.507 e. The summed E-state index contributed by atoms with van der Waals surface area (Å²) >= 11 is 17.9. The van der Waals surface area contributed by atoms with Gasteiger partial charge in [0.25, 0.3) is 11.8 Å². The maximum atomic E-state index is 14.4. The molecule has 0 bridgehead atoms. The van der Waals surface area contributed by atoms with Crippen LogP contribution in [0.5, 0.6) is 5.75 Å². The maximum Gasteiger partial charge on any atom is 0.254 e. The Kier molecular flexibility index (Phi) is 8.47. The minimum absolute atomic E-state index is 0.104. The van der Waals surface area contributed by atoms with Crippen molar-refractivity contribution in [3.05, 3.63) is 89.0 Å². The highest BCUT2D eigenvalue weighted by molar-refractivity contribution is 9.09. The van der Waals surface area contributed by atoms with Gasteiger partial charge in [0, 0.05) is 25.7 Å². The molecule has 0 aromatic heterocycles. The summed E-state index contributed by atoms with van der Waals surface area (Å²) < 4.78 is 0. The number of phenols is 1. The Morgan fingerprint density at radius 2 is 1.46 bits per heavy atom. The second kappa shape index (κ2) is 12.3. The molecule has 10 nitrogen and oxygen atoms in total. The molecule has 3 fully saturated rings. The van der Waals surface area contributed by atoms with Gasteiger partial charge in [-0.15, -0.1) is 23.2 Å². The van der Waals surface area contributed by atoms with Gasteiger partial charge < -0.3 is 10.0 Å². The van der Waals surface area contributed by atoms with Gasteiger partial charge in [0.05, 0.1) is 34.4 Å². The van der Waals surface area contributed by atoms with Crippen LogP contribution < -0.4 is 9.80 Å². The number of aromatic hydroxyl groups is 1. The lowest BCUT2D eigenvalue weighted by molar-refractivity contribution is -0.138. The lowest BCUT2D eigenvalue weighted by Gasteiger charge is -2.51. The number of imide groups is 2. The maximum absolute atomic E-state index is 14.4. The van der Waals surface area contributed by atoms with Crippen LogP contribution >= 0.6 is 39.1 Å². The predicted molar refractivity (Wildman–Crippen MR) is 195 cm³/mol. The Balaban J connectivity index is 1.23. The number of hydrogen-bond donors (Lipinski definition) is 1.